The minimum Gasteiger partial charge on any atom is -0.311 e. The topological polar surface area (TPSA) is 78.1 Å². The number of anilines is 1. The Labute approximate surface area is 134 Å². The van der Waals surface area contributed by atoms with Gasteiger partial charge in [0.05, 0.1) is 12.5 Å². The van der Waals surface area contributed by atoms with Crippen LogP contribution >= 0.6 is 0 Å². The van der Waals surface area contributed by atoms with Crippen LogP contribution in [0.4, 0.5) is 5.82 Å². The monoisotopic (exact) mass is 310 g/mol. The molecule has 0 saturated heterocycles. The Hall–Kier alpha value is -2.89. The van der Waals surface area contributed by atoms with Crippen LogP contribution in [0.5, 0.6) is 0 Å². The fraction of sp³-hybridized carbons (Fsp3) is 0.235. The van der Waals surface area contributed by atoms with Crippen LogP contribution in [-0.4, -0.2) is 26.9 Å². The molecular weight excluding hydrogens is 292 g/mol. The van der Waals surface area contributed by atoms with E-state index in [1.54, 1.807) is 17.2 Å². The number of aromatic amines is 1. The molecule has 0 saturated carbocycles. The lowest BCUT2D eigenvalue weighted by Gasteiger charge is -2.32. The first-order valence-electron chi connectivity index (χ1n) is 7.42. The Balaban J connectivity index is 1.81. The molecule has 23 heavy (non-hydrogen) atoms. The number of fused-ring (bicyclic) bond motifs is 1. The SMILES string of the molecule is CC(=O)N1C=Cc2ccccc2C1CC(=O)Nc1cc(C)[nH]n1. The van der Waals surface area contributed by atoms with Crippen molar-refractivity contribution in [3.8, 4) is 0 Å². The van der Waals surface area contributed by atoms with Crippen LogP contribution in [0.15, 0.2) is 36.5 Å². The highest BCUT2D eigenvalue weighted by Crippen LogP contribution is 2.32. The van der Waals surface area contributed by atoms with Gasteiger partial charge in [-0.15, -0.1) is 0 Å². The third-order valence-electron chi connectivity index (χ3n) is 3.82. The highest BCUT2D eigenvalue weighted by molar-refractivity contribution is 5.91. The number of benzene rings is 1. The second kappa shape index (κ2) is 6.08. The minimum atomic E-state index is -0.311. The van der Waals surface area contributed by atoms with Crippen molar-refractivity contribution in [3.63, 3.8) is 0 Å². The molecule has 1 aliphatic heterocycles. The molecule has 2 N–H and O–H groups in total. The number of carbonyl (C=O) groups excluding carboxylic acids is 2. The normalized spacial score (nSPS) is 16.1. The van der Waals surface area contributed by atoms with Gasteiger partial charge in [0.15, 0.2) is 5.82 Å². The maximum absolute atomic E-state index is 12.3. The van der Waals surface area contributed by atoms with E-state index in [0.717, 1.165) is 16.8 Å². The Bertz CT molecular complexity index is 778. The Kier molecular flexibility index (Phi) is 3.97. The van der Waals surface area contributed by atoms with Gasteiger partial charge in [-0.05, 0) is 24.1 Å². The molecule has 1 atom stereocenters. The zero-order valence-corrected chi connectivity index (χ0v) is 13.0. The van der Waals surface area contributed by atoms with Gasteiger partial charge in [-0.1, -0.05) is 24.3 Å². The van der Waals surface area contributed by atoms with Crippen molar-refractivity contribution in [1.82, 2.24) is 15.1 Å². The van der Waals surface area contributed by atoms with Gasteiger partial charge in [0.1, 0.15) is 0 Å². The fourth-order valence-corrected chi connectivity index (χ4v) is 2.76. The Morgan fingerprint density at radius 1 is 1.35 bits per heavy atom. The first-order chi connectivity index (χ1) is 11.0. The molecule has 0 fully saturated rings. The predicted octanol–water partition coefficient (Wildman–Crippen LogP) is 2.62. The molecule has 0 radical (unpaired) electrons. The van der Waals surface area contributed by atoms with E-state index in [4.69, 9.17) is 0 Å². The number of aromatic nitrogens is 2. The molecule has 2 heterocycles. The van der Waals surface area contributed by atoms with Crippen LogP contribution in [-0.2, 0) is 9.59 Å². The lowest BCUT2D eigenvalue weighted by Crippen LogP contribution is -2.33. The molecule has 0 aliphatic carbocycles. The summed E-state index contributed by atoms with van der Waals surface area (Å²) in [5.74, 6) is 0.212. The van der Waals surface area contributed by atoms with Crippen molar-refractivity contribution in [3.05, 3.63) is 53.4 Å². The van der Waals surface area contributed by atoms with E-state index in [-0.39, 0.29) is 24.3 Å². The van der Waals surface area contributed by atoms with Gasteiger partial charge in [0, 0.05) is 24.9 Å². The van der Waals surface area contributed by atoms with Crippen LogP contribution in [0.2, 0.25) is 0 Å². The van der Waals surface area contributed by atoms with Crippen molar-refractivity contribution < 1.29 is 9.59 Å². The molecule has 2 aromatic rings. The molecule has 0 bridgehead atoms. The van der Waals surface area contributed by atoms with Crippen LogP contribution in [0, 0.1) is 6.92 Å². The van der Waals surface area contributed by atoms with E-state index in [1.165, 1.54) is 6.92 Å². The lowest BCUT2D eigenvalue weighted by atomic mass is 9.93. The molecule has 6 nitrogen and oxygen atoms in total. The number of aryl methyl sites for hydroxylation is 1. The van der Waals surface area contributed by atoms with E-state index in [0.29, 0.717) is 5.82 Å². The van der Waals surface area contributed by atoms with Crippen molar-refractivity contribution in [2.45, 2.75) is 26.3 Å². The van der Waals surface area contributed by atoms with Crippen LogP contribution in [0.25, 0.3) is 6.08 Å². The largest absolute Gasteiger partial charge is 0.311 e. The summed E-state index contributed by atoms with van der Waals surface area (Å²) in [6.45, 7) is 3.36. The first kappa shape index (κ1) is 15.0. The van der Waals surface area contributed by atoms with E-state index in [1.807, 2.05) is 37.3 Å². The molecule has 1 aromatic carbocycles. The molecule has 2 amide bonds. The molecule has 6 heteroatoms. The summed E-state index contributed by atoms with van der Waals surface area (Å²) in [5.41, 5.74) is 2.87. The Morgan fingerprint density at radius 3 is 2.83 bits per heavy atom. The number of amides is 2. The summed E-state index contributed by atoms with van der Waals surface area (Å²) in [7, 11) is 0. The van der Waals surface area contributed by atoms with Gasteiger partial charge in [0.25, 0.3) is 0 Å². The average molecular weight is 310 g/mol. The van der Waals surface area contributed by atoms with Crippen LogP contribution in [0.1, 0.15) is 36.2 Å². The molecule has 118 valence electrons. The van der Waals surface area contributed by atoms with Gasteiger partial charge < -0.3 is 10.2 Å². The highest BCUT2D eigenvalue weighted by atomic mass is 16.2. The van der Waals surface area contributed by atoms with E-state index >= 15 is 0 Å². The summed E-state index contributed by atoms with van der Waals surface area (Å²) in [6.07, 6.45) is 3.80. The molecule has 1 aromatic heterocycles. The molecule has 1 unspecified atom stereocenters. The number of hydrogen-bond acceptors (Lipinski definition) is 3. The zero-order valence-electron chi connectivity index (χ0n) is 13.0. The standard InChI is InChI=1S/C17H18N4O2/c1-11-9-16(20-19-11)18-17(23)10-15-14-6-4-3-5-13(14)7-8-21(15)12(2)22/h3-9,15H,10H2,1-2H3,(H2,18,19,20,23). The number of rotatable bonds is 3. The lowest BCUT2D eigenvalue weighted by molar-refractivity contribution is -0.129. The van der Waals surface area contributed by atoms with E-state index in [9.17, 15) is 9.59 Å². The third-order valence-corrected chi connectivity index (χ3v) is 3.82. The maximum atomic E-state index is 12.3. The maximum Gasteiger partial charge on any atom is 0.228 e. The number of H-pyrrole nitrogens is 1. The molecule has 1 aliphatic rings. The molecule has 0 spiro atoms. The van der Waals surface area contributed by atoms with Crippen molar-refractivity contribution >= 4 is 23.7 Å². The first-order valence-corrected chi connectivity index (χ1v) is 7.42. The summed E-state index contributed by atoms with van der Waals surface area (Å²) >= 11 is 0. The molecular formula is C17H18N4O2. The summed E-state index contributed by atoms with van der Waals surface area (Å²) in [5, 5.41) is 9.53. The average Bonchev–Trinajstić information content (AvgIpc) is 2.92. The highest BCUT2D eigenvalue weighted by Gasteiger charge is 2.28. The third kappa shape index (κ3) is 3.15. The zero-order chi connectivity index (χ0) is 16.4. The minimum absolute atomic E-state index is 0.0934. The number of nitrogens with one attached hydrogen (secondary N) is 2. The number of carbonyl (C=O) groups is 2. The van der Waals surface area contributed by atoms with E-state index < -0.39 is 0 Å². The van der Waals surface area contributed by atoms with Crippen LogP contribution in [0.3, 0.4) is 0 Å². The quantitative estimate of drug-likeness (QED) is 0.914. The van der Waals surface area contributed by atoms with Crippen molar-refractivity contribution in [2.75, 3.05) is 5.32 Å². The van der Waals surface area contributed by atoms with Gasteiger partial charge in [0.2, 0.25) is 11.8 Å². The van der Waals surface area contributed by atoms with Gasteiger partial charge in [-0.3, -0.25) is 14.7 Å². The summed E-state index contributed by atoms with van der Waals surface area (Å²) < 4.78 is 0. The number of nitrogens with zero attached hydrogens (tertiary/aromatic N) is 2. The van der Waals surface area contributed by atoms with Gasteiger partial charge in [-0.25, -0.2) is 0 Å². The fourth-order valence-electron chi connectivity index (χ4n) is 2.76. The summed E-state index contributed by atoms with van der Waals surface area (Å²) in [6, 6.07) is 9.23. The van der Waals surface area contributed by atoms with Crippen molar-refractivity contribution in [2.24, 2.45) is 0 Å². The number of hydrogen-bond donors (Lipinski definition) is 2. The second-order valence-electron chi connectivity index (χ2n) is 5.58. The van der Waals surface area contributed by atoms with E-state index in [2.05, 4.69) is 15.5 Å². The Morgan fingerprint density at radius 2 is 2.13 bits per heavy atom. The molecule has 3 rings (SSSR count). The smallest absolute Gasteiger partial charge is 0.228 e. The second-order valence-corrected chi connectivity index (χ2v) is 5.58. The van der Waals surface area contributed by atoms with Crippen molar-refractivity contribution in [1.29, 1.82) is 0 Å². The predicted molar refractivity (Wildman–Crippen MR) is 87.3 cm³/mol. The van der Waals surface area contributed by atoms with Crippen LogP contribution < -0.4 is 5.32 Å². The van der Waals surface area contributed by atoms with Gasteiger partial charge in [-0.2, -0.15) is 5.10 Å². The summed E-state index contributed by atoms with van der Waals surface area (Å²) in [4.78, 5) is 25.8. The van der Waals surface area contributed by atoms with Gasteiger partial charge >= 0.3 is 0 Å².